The molecule has 6 heterocycles. The van der Waals surface area contributed by atoms with Crippen LogP contribution in [0.5, 0.6) is 23.0 Å². The molecular weight excluding hydrogens is 1000 g/mol. The number of benzene rings is 2. The SMILES string of the molecule is CC(C)=CCC/C(C)=C/CC[C@@]1(C)Oc2c(c(OC(=O)N3CCCCC3)cc3c2CN(CCC[C@@H](C(=O)O)N2Cc4c(cc(OC(=O)N5CCCCC5)c5c4O[C@](C)(CC/C=C(\C)CCC=C(C)C)[C@@H](O)C5)C2=O)C3=O)C[C@@H]1O. The van der Waals surface area contributed by atoms with Crippen LogP contribution in [0.2, 0.25) is 0 Å². The fourth-order valence-electron chi connectivity index (χ4n) is 12.0. The first-order valence-electron chi connectivity index (χ1n) is 29.1. The molecule has 2 saturated heterocycles. The second kappa shape index (κ2) is 25.5. The average molecular weight is 1090 g/mol. The van der Waals surface area contributed by atoms with Crippen molar-refractivity contribution in [2.75, 3.05) is 32.7 Å². The second-order valence-corrected chi connectivity index (χ2v) is 24.0. The standard InChI is InChI=1S/C63H86N4O12/c1-40(2)20-15-22-42(5)24-17-27-62(7)53(68)36-46-51(76-60(74)64-29-11-9-12-30-64)34-44-48(55(46)78-62)38-66(57(44)70)33-19-26-50(59(72)73)67-39-49-45(58(67)71)35-52(77-61(75)65-31-13-10-14-32-65)47-37-54(69)63(8,79-56(47)49)28-18-25-43(6)23-16-21-41(3)4/h20-21,24-25,34-35,50,53-54,68-69H,9-19,22-23,26-33,36-39H2,1-8H3,(H,72,73)/b42-24+,43-25+/t50-,53-,54-,62+,63+/m0/s1. The maximum absolute atomic E-state index is 14.6. The van der Waals surface area contributed by atoms with Gasteiger partial charge in [-0.1, -0.05) is 46.6 Å². The molecule has 0 spiro atoms. The zero-order valence-electron chi connectivity index (χ0n) is 48.2. The average Bonchev–Trinajstić information content (AvgIpc) is 3.98. The minimum Gasteiger partial charge on any atom is -0.484 e. The number of carbonyl (C=O) groups excluding carboxylic acids is 4. The van der Waals surface area contributed by atoms with Crippen molar-refractivity contribution in [1.29, 1.82) is 0 Å². The number of carboxylic acid groups (broad SMARTS) is 1. The van der Waals surface area contributed by atoms with E-state index in [1.54, 1.807) is 20.8 Å². The third-order valence-corrected chi connectivity index (χ3v) is 17.1. The normalized spacial score (nSPS) is 23.2. The Balaban J connectivity index is 1.01. The maximum Gasteiger partial charge on any atom is 0.415 e. The number of carboxylic acids is 1. The minimum atomic E-state index is -1.29. The van der Waals surface area contributed by atoms with E-state index in [1.807, 2.05) is 13.8 Å². The first-order valence-corrected chi connectivity index (χ1v) is 29.1. The summed E-state index contributed by atoms with van der Waals surface area (Å²) in [5.74, 6) is -1.05. The number of hydrogen-bond acceptors (Lipinski definition) is 11. The third-order valence-electron chi connectivity index (χ3n) is 17.1. The molecule has 16 nitrogen and oxygen atoms in total. The molecule has 0 bridgehead atoms. The Labute approximate surface area is 467 Å². The third kappa shape index (κ3) is 13.7. The van der Waals surface area contributed by atoms with Gasteiger partial charge >= 0.3 is 18.2 Å². The van der Waals surface area contributed by atoms with Gasteiger partial charge in [0, 0.05) is 67.8 Å². The number of fused-ring (bicyclic) bond motifs is 6. The lowest BCUT2D eigenvalue weighted by atomic mass is 9.84. The molecule has 2 aromatic rings. The smallest absolute Gasteiger partial charge is 0.415 e. The lowest BCUT2D eigenvalue weighted by Gasteiger charge is -2.41. The number of aliphatic carboxylic acids is 1. The monoisotopic (exact) mass is 1090 g/mol. The van der Waals surface area contributed by atoms with Crippen LogP contribution in [-0.2, 0) is 30.7 Å². The Morgan fingerprint density at radius 2 is 1.08 bits per heavy atom. The molecule has 3 N–H and O–H groups in total. The van der Waals surface area contributed by atoms with E-state index >= 15 is 0 Å². The van der Waals surface area contributed by atoms with Gasteiger partial charge in [0.15, 0.2) is 0 Å². The highest BCUT2D eigenvalue weighted by atomic mass is 16.6. The van der Waals surface area contributed by atoms with E-state index in [9.17, 15) is 39.3 Å². The van der Waals surface area contributed by atoms with Crippen molar-refractivity contribution in [3.8, 4) is 23.0 Å². The summed E-state index contributed by atoms with van der Waals surface area (Å²) in [6.07, 6.45) is 17.7. The highest BCUT2D eigenvalue weighted by Crippen LogP contribution is 2.49. The highest BCUT2D eigenvalue weighted by molar-refractivity contribution is 6.02. The number of hydrogen-bond donors (Lipinski definition) is 3. The van der Waals surface area contributed by atoms with Crippen LogP contribution in [0.1, 0.15) is 201 Å². The van der Waals surface area contributed by atoms with Crippen molar-refractivity contribution in [3.63, 3.8) is 0 Å². The van der Waals surface area contributed by atoms with Gasteiger partial charge in [-0.2, -0.15) is 0 Å². The summed E-state index contributed by atoms with van der Waals surface area (Å²) in [5, 5.41) is 34.4. The van der Waals surface area contributed by atoms with Crippen LogP contribution in [0, 0.1) is 0 Å². The van der Waals surface area contributed by atoms with E-state index in [-0.39, 0.29) is 68.3 Å². The van der Waals surface area contributed by atoms with Gasteiger partial charge < -0.3 is 53.9 Å². The number of likely N-dealkylation sites (tertiary alicyclic amines) is 2. The fourth-order valence-corrected chi connectivity index (χ4v) is 12.0. The van der Waals surface area contributed by atoms with Gasteiger partial charge in [-0.25, -0.2) is 14.4 Å². The predicted octanol–water partition coefficient (Wildman–Crippen LogP) is 11.6. The molecule has 6 aliphatic rings. The van der Waals surface area contributed by atoms with Gasteiger partial charge in [0.25, 0.3) is 11.8 Å². The number of nitrogens with zero attached hydrogens (tertiary/aromatic N) is 4. The van der Waals surface area contributed by atoms with E-state index in [4.69, 9.17) is 18.9 Å². The molecule has 2 fully saturated rings. The number of aliphatic hydroxyl groups excluding tert-OH is 2. The lowest BCUT2D eigenvalue weighted by Crippen LogP contribution is -2.49. The lowest BCUT2D eigenvalue weighted by molar-refractivity contribution is -0.142. The molecule has 8 rings (SSSR count). The van der Waals surface area contributed by atoms with E-state index in [2.05, 4.69) is 65.8 Å². The van der Waals surface area contributed by atoms with Gasteiger partial charge in [0.05, 0.1) is 36.4 Å². The van der Waals surface area contributed by atoms with E-state index in [0.29, 0.717) is 91.2 Å². The van der Waals surface area contributed by atoms with Crippen LogP contribution in [0.3, 0.4) is 0 Å². The van der Waals surface area contributed by atoms with Crippen molar-refractivity contribution < 1.29 is 58.2 Å². The maximum atomic E-state index is 14.6. The number of amides is 4. The molecule has 5 atom stereocenters. The summed E-state index contributed by atoms with van der Waals surface area (Å²) in [6, 6.07) is 1.80. The van der Waals surface area contributed by atoms with Crippen LogP contribution in [0.25, 0.3) is 0 Å². The number of rotatable bonds is 20. The summed E-state index contributed by atoms with van der Waals surface area (Å²) in [6.45, 7) is 18.7. The number of allylic oxidation sites excluding steroid dienone is 8. The Bertz CT molecular complexity index is 2760. The molecule has 0 aliphatic carbocycles. The number of ether oxygens (including phenoxy) is 4. The number of aliphatic hydroxyl groups is 2. The van der Waals surface area contributed by atoms with Crippen LogP contribution in [-0.4, -0.2) is 127 Å². The molecule has 6 aliphatic heterocycles. The Morgan fingerprint density at radius 1 is 0.633 bits per heavy atom. The van der Waals surface area contributed by atoms with Crippen LogP contribution in [0.4, 0.5) is 9.59 Å². The van der Waals surface area contributed by atoms with Crippen molar-refractivity contribution in [2.24, 2.45) is 0 Å². The summed E-state index contributed by atoms with van der Waals surface area (Å²) >= 11 is 0. The Hall–Kier alpha value is -6.13. The van der Waals surface area contributed by atoms with E-state index in [0.717, 1.165) is 64.2 Å². The number of carbonyl (C=O) groups is 5. The second-order valence-electron chi connectivity index (χ2n) is 24.0. The van der Waals surface area contributed by atoms with Crippen LogP contribution < -0.4 is 18.9 Å². The van der Waals surface area contributed by atoms with Gasteiger partial charge in [-0.05, 0) is 170 Å². The minimum absolute atomic E-state index is 0.00358. The largest absolute Gasteiger partial charge is 0.484 e. The molecular formula is C63H86N4O12. The van der Waals surface area contributed by atoms with E-state index < -0.39 is 53.5 Å². The zero-order valence-corrected chi connectivity index (χ0v) is 48.2. The quantitative estimate of drug-likeness (QED) is 0.106. The summed E-state index contributed by atoms with van der Waals surface area (Å²) in [5.41, 5.74) is 5.50. The molecule has 16 heteroatoms. The predicted molar refractivity (Wildman–Crippen MR) is 302 cm³/mol. The van der Waals surface area contributed by atoms with Gasteiger partial charge in [-0.15, -0.1) is 0 Å². The fraction of sp³-hybridized carbons (Fsp3) is 0.603. The molecule has 4 amide bonds. The van der Waals surface area contributed by atoms with Crippen molar-refractivity contribution >= 4 is 30.0 Å². The summed E-state index contributed by atoms with van der Waals surface area (Å²) in [4.78, 5) is 75.9. The summed E-state index contributed by atoms with van der Waals surface area (Å²) < 4.78 is 25.8. The highest BCUT2D eigenvalue weighted by Gasteiger charge is 2.48. The first-order chi connectivity index (χ1) is 37.7. The van der Waals surface area contributed by atoms with Gasteiger partial charge in [-0.3, -0.25) is 9.59 Å². The molecule has 0 radical (unpaired) electrons. The molecule has 430 valence electrons. The van der Waals surface area contributed by atoms with Crippen LogP contribution >= 0.6 is 0 Å². The van der Waals surface area contributed by atoms with Crippen molar-refractivity contribution in [3.05, 3.63) is 92.1 Å². The van der Waals surface area contributed by atoms with Gasteiger partial charge in [0.2, 0.25) is 0 Å². The van der Waals surface area contributed by atoms with Crippen molar-refractivity contribution in [2.45, 2.75) is 214 Å². The molecule has 0 unspecified atom stereocenters. The molecule has 79 heavy (non-hydrogen) atoms. The zero-order chi connectivity index (χ0) is 56.8. The first kappa shape index (κ1) is 59.0. The summed E-state index contributed by atoms with van der Waals surface area (Å²) in [7, 11) is 0. The van der Waals surface area contributed by atoms with Gasteiger partial charge in [0.1, 0.15) is 40.2 Å². The molecule has 0 aromatic heterocycles. The Kier molecular flexibility index (Phi) is 19.1. The van der Waals surface area contributed by atoms with Crippen molar-refractivity contribution in [1.82, 2.24) is 19.6 Å². The molecule has 2 aromatic carbocycles. The van der Waals surface area contributed by atoms with Crippen LogP contribution in [0.15, 0.2) is 58.7 Å². The topological polar surface area (TPSA) is 196 Å². The number of piperidine rings is 2. The Morgan fingerprint density at radius 3 is 1.52 bits per heavy atom. The molecule has 0 saturated carbocycles. The van der Waals surface area contributed by atoms with E-state index in [1.165, 1.54) is 33.3 Å².